The predicted octanol–water partition coefficient (Wildman–Crippen LogP) is 6.09. The highest BCUT2D eigenvalue weighted by atomic mass is 14.5. The van der Waals surface area contributed by atoms with Gasteiger partial charge in [-0.15, -0.1) is 0 Å². The van der Waals surface area contributed by atoms with Crippen molar-refractivity contribution >= 4 is 0 Å². The van der Waals surface area contributed by atoms with Crippen molar-refractivity contribution in [2.75, 3.05) is 0 Å². The van der Waals surface area contributed by atoms with E-state index in [1.807, 2.05) is 0 Å². The van der Waals surface area contributed by atoms with Crippen LogP contribution in [0.2, 0.25) is 0 Å². The van der Waals surface area contributed by atoms with Crippen molar-refractivity contribution in [3.63, 3.8) is 0 Å². The fraction of sp³-hybridized carbons (Fsp3) is 0.950. The Kier molecular flexibility index (Phi) is 4.92. The first kappa shape index (κ1) is 15.4. The molecule has 21 heavy (non-hydrogen) atoms. The van der Waals surface area contributed by atoms with E-state index in [0.717, 1.165) is 23.7 Å². The molecule has 3 aliphatic rings. The van der Waals surface area contributed by atoms with Crippen LogP contribution in [0.1, 0.15) is 90.4 Å². The highest BCUT2D eigenvalue weighted by Gasteiger charge is 2.43. The standard InChI is InChI=1S/C20H33N/c1-16-7-9-17(10-8-16)18-11-13-20(15-21,14-12-18)19-5-3-2-4-6-19/h16-19H,2-14H2,1H3. The van der Waals surface area contributed by atoms with E-state index in [9.17, 15) is 5.26 Å². The average molecular weight is 287 g/mol. The molecule has 0 bridgehead atoms. The van der Waals surface area contributed by atoms with E-state index < -0.39 is 0 Å². The van der Waals surface area contributed by atoms with E-state index in [1.54, 1.807) is 0 Å². The van der Waals surface area contributed by atoms with Crippen molar-refractivity contribution in [3.8, 4) is 6.07 Å². The Morgan fingerprint density at radius 3 is 1.90 bits per heavy atom. The summed E-state index contributed by atoms with van der Waals surface area (Å²) in [6.07, 6.45) is 17.8. The van der Waals surface area contributed by atoms with E-state index in [4.69, 9.17) is 0 Å². The van der Waals surface area contributed by atoms with Crippen LogP contribution in [0.15, 0.2) is 0 Å². The van der Waals surface area contributed by atoms with Crippen LogP contribution in [-0.4, -0.2) is 0 Å². The Hall–Kier alpha value is -0.510. The first-order valence-corrected chi connectivity index (χ1v) is 9.65. The van der Waals surface area contributed by atoms with Gasteiger partial charge < -0.3 is 0 Å². The van der Waals surface area contributed by atoms with E-state index in [-0.39, 0.29) is 5.41 Å². The van der Waals surface area contributed by atoms with Crippen molar-refractivity contribution in [3.05, 3.63) is 0 Å². The summed E-state index contributed by atoms with van der Waals surface area (Å²) in [5, 5.41) is 9.88. The van der Waals surface area contributed by atoms with Crippen molar-refractivity contribution < 1.29 is 0 Å². The molecular weight excluding hydrogens is 254 g/mol. The zero-order chi connectivity index (χ0) is 14.7. The van der Waals surface area contributed by atoms with Gasteiger partial charge in [0.15, 0.2) is 0 Å². The molecule has 3 rings (SSSR count). The molecule has 0 unspecified atom stereocenters. The summed E-state index contributed by atoms with van der Waals surface area (Å²) in [5.41, 5.74) is 0.0683. The molecule has 3 fully saturated rings. The van der Waals surface area contributed by atoms with Gasteiger partial charge in [-0.2, -0.15) is 5.26 Å². The van der Waals surface area contributed by atoms with E-state index >= 15 is 0 Å². The van der Waals surface area contributed by atoms with Crippen LogP contribution < -0.4 is 0 Å². The molecule has 0 aromatic heterocycles. The maximum Gasteiger partial charge on any atom is 0.0692 e. The summed E-state index contributed by atoms with van der Waals surface area (Å²) in [5.74, 6) is 3.63. The molecule has 1 nitrogen and oxygen atoms in total. The van der Waals surface area contributed by atoms with Gasteiger partial charge in [0.2, 0.25) is 0 Å². The topological polar surface area (TPSA) is 23.8 Å². The second kappa shape index (κ2) is 6.72. The van der Waals surface area contributed by atoms with Crippen molar-refractivity contribution in [2.45, 2.75) is 90.4 Å². The van der Waals surface area contributed by atoms with Gasteiger partial charge in [0.25, 0.3) is 0 Å². The highest BCUT2D eigenvalue weighted by Crippen LogP contribution is 2.51. The second-order valence-corrected chi connectivity index (χ2v) is 8.46. The minimum absolute atomic E-state index is 0.0683. The van der Waals surface area contributed by atoms with Crippen LogP contribution in [0, 0.1) is 40.4 Å². The summed E-state index contributed by atoms with van der Waals surface area (Å²) < 4.78 is 0. The van der Waals surface area contributed by atoms with Gasteiger partial charge >= 0.3 is 0 Å². The number of hydrogen-bond acceptors (Lipinski definition) is 1. The molecule has 3 saturated carbocycles. The Morgan fingerprint density at radius 2 is 1.33 bits per heavy atom. The first-order chi connectivity index (χ1) is 10.2. The van der Waals surface area contributed by atoms with Crippen molar-refractivity contribution in [2.24, 2.45) is 29.1 Å². The fourth-order valence-corrected chi connectivity index (χ4v) is 5.65. The molecule has 0 aromatic carbocycles. The van der Waals surface area contributed by atoms with Crippen LogP contribution in [-0.2, 0) is 0 Å². The van der Waals surface area contributed by atoms with Gasteiger partial charge in [-0.25, -0.2) is 0 Å². The highest BCUT2D eigenvalue weighted by molar-refractivity contribution is 5.06. The molecule has 0 atom stereocenters. The summed E-state index contributed by atoms with van der Waals surface area (Å²) >= 11 is 0. The monoisotopic (exact) mass is 287 g/mol. The number of rotatable bonds is 2. The lowest BCUT2D eigenvalue weighted by Gasteiger charge is -2.44. The van der Waals surface area contributed by atoms with E-state index in [1.165, 1.54) is 83.5 Å². The SMILES string of the molecule is CC1CCC(C2CCC(C#N)(C3CCCCC3)CC2)CC1. The number of nitrogens with zero attached hydrogens (tertiary/aromatic N) is 1. The lowest BCUT2D eigenvalue weighted by atomic mass is 9.58. The van der Waals surface area contributed by atoms with Crippen molar-refractivity contribution in [1.82, 2.24) is 0 Å². The molecule has 0 radical (unpaired) electrons. The summed E-state index contributed by atoms with van der Waals surface area (Å²) in [7, 11) is 0. The Labute approximate surface area is 131 Å². The molecule has 0 N–H and O–H groups in total. The molecule has 0 aromatic rings. The first-order valence-electron chi connectivity index (χ1n) is 9.65. The quantitative estimate of drug-likeness (QED) is 0.602. The molecule has 1 heteroatoms. The van der Waals surface area contributed by atoms with Gasteiger partial charge in [-0.05, 0) is 75.0 Å². The normalized spacial score (nSPS) is 42.4. The van der Waals surface area contributed by atoms with E-state index in [2.05, 4.69) is 13.0 Å². The molecule has 3 aliphatic carbocycles. The molecule has 118 valence electrons. The third kappa shape index (κ3) is 3.30. The van der Waals surface area contributed by atoms with Crippen LogP contribution in [0.3, 0.4) is 0 Å². The second-order valence-electron chi connectivity index (χ2n) is 8.46. The van der Waals surface area contributed by atoms with Gasteiger partial charge in [0.1, 0.15) is 0 Å². The predicted molar refractivity (Wildman–Crippen MR) is 87.7 cm³/mol. The Bertz CT molecular complexity index is 358. The Morgan fingerprint density at radius 1 is 0.762 bits per heavy atom. The minimum atomic E-state index is 0.0683. The molecule has 0 amide bonds. The maximum atomic E-state index is 9.88. The molecule has 0 heterocycles. The zero-order valence-corrected chi connectivity index (χ0v) is 13.9. The third-order valence-electron chi connectivity index (χ3n) is 7.26. The van der Waals surface area contributed by atoms with Gasteiger partial charge in [0.05, 0.1) is 11.5 Å². The van der Waals surface area contributed by atoms with Crippen LogP contribution in [0.4, 0.5) is 0 Å². The fourth-order valence-electron chi connectivity index (χ4n) is 5.65. The lowest BCUT2D eigenvalue weighted by molar-refractivity contribution is 0.0711. The average Bonchev–Trinajstić information content (AvgIpc) is 2.56. The summed E-state index contributed by atoms with van der Waals surface area (Å²) in [6.45, 7) is 2.42. The maximum absolute atomic E-state index is 9.88. The van der Waals surface area contributed by atoms with Gasteiger partial charge in [0, 0.05) is 0 Å². The smallest absolute Gasteiger partial charge is 0.0692 e. The van der Waals surface area contributed by atoms with Gasteiger partial charge in [-0.1, -0.05) is 39.0 Å². The third-order valence-corrected chi connectivity index (χ3v) is 7.26. The summed E-state index contributed by atoms with van der Waals surface area (Å²) in [4.78, 5) is 0. The largest absolute Gasteiger partial charge is 0.198 e. The molecule has 0 saturated heterocycles. The lowest BCUT2D eigenvalue weighted by Crippen LogP contribution is -2.37. The van der Waals surface area contributed by atoms with Crippen LogP contribution in [0.25, 0.3) is 0 Å². The Balaban J connectivity index is 1.56. The molecule has 0 spiro atoms. The summed E-state index contributed by atoms with van der Waals surface area (Å²) in [6, 6.07) is 2.82. The minimum Gasteiger partial charge on any atom is -0.198 e. The molecular formula is C20H33N. The number of hydrogen-bond donors (Lipinski definition) is 0. The zero-order valence-electron chi connectivity index (χ0n) is 13.9. The van der Waals surface area contributed by atoms with E-state index in [0.29, 0.717) is 0 Å². The number of nitriles is 1. The van der Waals surface area contributed by atoms with Crippen LogP contribution in [0.5, 0.6) is 0 Å². The van der Waals surface area contributed by atoms with Crippen LogP contribution >= 0.6 is 0 Å². The van der Waals surface area contributed by atoms with Crippen molar-refractivity contribution in [1.29, 1.82) is 5.26 Å². The molecule has 0 aliphatic heterocycles. The van der Waals surface area contributed by atoms with Gasteiger partial charge in [-0.3, -0.25) is 0 Å².